The molecule has 10 nitrogen and oxygen atoms in total. The molecule has 1 fully saturated rings. The second-order valence-corrected chi connectivity index (χ2v) is 8.02. The molecule has 0 bridgehead atoms. The maximum Gasteiger partial charge on any atom is 0.490 e. The number of carbonyl (C=O) groups is 2. The molecule has 3 heterocycles. The highest BCUT2D eigenvalue weighted by Gasteiger charge is 2.38. The van der Waals surface area contributed by atoms with Crippen LogP contribution in [0.3, 0.4) is 0 Å². The number of halogens is 3. The molecular formula is C19H27F3N6O4. The Labute approximate surface area is 182 Å². The van der Waals surface area contributed by atoms with E-state index < -0.39 is 17.7 Å². The lowest BCUT2D eigenvalue weighted by molar-refractivity contribution is -0.192. The first-order chi connectivity index (χ1) is 14.9. The number of aliphatic carboxylic acids is 1. The van der Waals surface area contributed by atoms with E-state index in [0.29, 0.717) is 12.5 Å². The first kappa shape index (κ1) is 25.2. The van der Waals surface area contributed by atoms with Crippen molar-refractivity contribution in [2.45, 2.75) is 51.5 Å². The fourth-order valence-electron chi connectivity index (χ4n) is 2.95. The third kappa shape index (κ3) is 7.87. The van der Waals surface area contributed by atoms with Gasteiger partial charge in [-0.3, -0.25) is 4.68 Å². The summed E-state index contributed by atoms with van der Waals surface area (Å²) in [6, 6.07) is 3.62. The third-order valence-electron chi connectivity index (χ3n) is 4.78. The number of furan rings is 1. The number of alkyl halides is 3. The van der Waals surface area contributed by atoms with Crippen molar-refractivity contribution < 1.29 is 32.3 Å². The maximum atomic E-state index is 12.2. The quantitative estimate of drug-likeness (QED) is 0.622. The Morgan fingerprint density at radius 2 is 1.94 bits per heavy atom. The lowest BCUT2D eigenvalue weighted by atomic mass is 9.97. The van der Waals surface area contributed by atoms with Gasteiger partial charge in [0, 0.05) is 19.6 Å². The number of nitrogens with one attached hydrogen (secondary N) is 1. The van der Waals surface area contributed by atoms with Crippen LogP contribution < -0.4 is 11.1 Å². The van der Waals surface area contributed by atoms with Crippen LogP contribution in [0.4, 0.5) is 18.0 Å². The van der Waals surface area contributed by atoms with E-state index in [9.17, 15) is 18.0 Å². The van der Waals surface area contributed by atoms with Crippen molar-refractivity contribution in [2.24, 2.45) is 11.7 Å². The molecule has 0 saturated carbocycles. The number of aromatic nitrogens is 3. The van der Waals surface area contributed by atoms with Gasteiger partial charge in [-0.1, -0.05) is 5.21 Å². The highest BCUT2D eigenvalue weighted by molar-refractivity contribution is 5.74. The fraction of sp³-hybridized carbons (Fsp3) is 0.579. The second kappa shape index (κ2) is 10.5. The molecule has 2 aromatic heterocycles. The van der Waals surface area contributed by atoms with Gasteiger partial charge in [-0.25, -0.2) is 9.59 Å². The van der Waals surface area contributed by atoms with Crippen LogP contribution in [0.5, 0.6) is 0 Å². The number of urea groups is 1. The Morgan fingerprint density at radius 1 is 1.31 bits per heavy atom. The summed E-state index contributed by atoms with van der Waals surface area (Å²) >= 11 is 0. The van der Waals surface area contributed by atoms with E-state index in [1.807, 2.05) is 41.8 Å². The normalized spacial score (nSPS) is 15.1. The lowest BCUT2D eigenvalue weighted by Gasteiger charge is -2.31. The van der Waals surface area contributed by atoms with E-state index in [2.05, 4.69) is 15.6 Å². The molecular weight excluding hydrogens is 433 g/mol. The number of amides is 2. The number of rotatable bonds is 5. The van der Waals surface area contributed by atoms with Crippen LogP contribution in [-0.2, 0) is 23.4 Å². The minimum Gasteiger partial charge on any atom is -0.475 e. The van der Waals surface area contributed by atoms with Crippen LogP contribution in [-0.4, -0.2) is 56.3 Å². The zero-order chi connectivity index (χ0) is 23.9. The minimum absolute atomic E-state index is 0.0391. The lowest BCUT2D eigenvalue weighted by Crippen LogP contribution is -2.44. The zero-order valence-electron chi connectivity index (χ0n) is 17.8. The van der Waals surface area contributed by atoms with Crippen LogP contribution in [0.1, 0.15) is 38.1 Å². The maximum absolute atomic E-state index is 12.2. The van der Waals surface area contributed by atoms with Crippen molar-refractivity contribution in [1.82, 2.24) is 25.2 Å². The van der Waals surface area contributed by atoms with Gasteiger partial charge in [-0.05, 0) is 44.7 Å². The molecule has 0 atom stereocenters. The van der Waals surface area contributed by atoms with Crippen LogP contribution in [0.2, 0.25) is 0 Å². The zero-order valence-corrected chi connectivity index (χ0v) is 17.8. The molecule has 0 aliphatic carbocycles. The molecule has 0 spiro atoms. The molecule has 0 unspecified atom stereocenters. The molecule has 0 radical (unpaired) electrons. The van der Waals surface area contributed by atoms with Gasteiger partial charge in [0.05, 0.1) is 24.5 Å². The number of carbonyl (C=O) groups excluding carboxylic acids is 1. The Bertz CT molecular complexity index is 869. The molecule has 2 amide bonds. The van der Waals surface area contributed by atoms with Crippen molar-refractivity contribution in [2.75, 3.05) is 13.1 Å². The average Bonchev–Trinajstić information content (AvgIpc) is 3.38. The van der Waals surface area contributed by atoms with Crippen LogP contribution in [0.25, 0.3) is 0 Å². The van der Waals surface area contributed by atoms with Crippen molar-refractivity contribution in [3.05, 3.63) is 36.0 Å². The summed E-state index contributed by atoms with van der Waals surface area (Å²) in [6.45, 7) is 6.56. The van der Waals surface area contributed by atoms with E-state index in [0.717, 1.165) is 43.9 Å². The van der Waals surface area contributed by atoms with Gasteiger partial charge in [-0.15, -0.1) is 5.10 Å². The highest BCUT2D eigenvalue weighted by atomic mass is 19.4. The Kier molecular flexibility index (Phi) is 8.25. The number of hydrogen-bond donors (Lipinski definition) is 3. The summed E-state index contributed by atoms with van der Waals surface area (Å²) in [7, 11) is 0. The number of carboxylic acid groups (broad SMARTS) is 1. The van der Waals surface area contributed by atoms with E-state index in [4.69, 9.17) is 20.1 Å². The van der Waals surface area contributed by atoms with Crippen molar-refractivity contribution in [3.63, 3.8) is 0 Å². The van der Waals surface area contributed by atoms with Gasteiger partial charge in [0.2, 0.25) is 0 Å². The molecule has 1 aliphatic heterocycles. The van der Waals surface area contributed by atoms with Crippen LogP contribution in [0, 0.1) is 5.92 Å². The molecule has 178 valence electrons. The molecule has 3 rings (SSSR count). The number of hydrogen-bond acceptors (Lipinski definition) is 6. The third-order valence-corrected chi connectivity index (χ3v) is 4.78. The Balaban J connectivity index is 0.000000451. The fourth-order valence-corrected chi connectivity index (χ4v) is 2.95. The van der Waals surface area contributed by atoms with E-state index >= 15 is 0 Å². The largest absolute Gasteiger partial charge is 0.490 e. The van der Waals surface area contributed by atoms with Gasteiger partial charge in [0.25, 0.3) is 0 Å². The van der Waals surface area contributed by atoms with E-state index in [-0.39, 0.29) is 6.03 Å². The van der Waals surface area contributed by atoms with Gasteiger partial charge < -0.3 is 25.5 Å². The second-order valence-electron chi connectivity index (χ2n) is 8.02. The van der Waals surface area contributed by atoms with Crippen molar-refractivity contribution in [1.29, 1.82) is 0 Å². The molecule has 0 aromatic carbocycles. The summed E-state index contributed by atoms with van der Waals surface area (Å²) in [4.78, 5) is 23.0. The molecule has 13 heteroatoms. The summed E-state index contributed by atoms with van der Waals surface area (Å²) in [5, 5.41) is 18.3. The Morgan fingerprint density at radius 3 is 2.41 bits per heavy atom. The minimum atomic E-state index is -5.08. The summed E-state index contributed by atoms with van der Waals surface area (Å²) in [6.07, 6.45) is 0.349. The van der Waals surface area contributed by atoms with Gasteiger partial charge in [-0.2, -0.15) is 13.2 Å². The first-order valence-electron chi connectivity index (χ1n) is 9.91. The van der Waals surface area contributed by atoms with Gasteiger partial charge >= 0.3 is 18.2 Å². The van der Waals surface area contributed by atoms with E-state index in [1.165, 1.54) is 0 Å². The standard InChI is InChI=1S/C17H26N6O2.C2HF3O2/c1-17(2,18)15-12-23(21-20-15)11-13-5-7-22(8-6-13)16(24)19-10-14-4-3-9-25-14;3-2(4,5)1(6)7/h3-4,9,12-13H,5-8,10-11,18H2,1-2H3,(H,19,24);(H,6,7). The van der Waals surface area contributed by atoms with Gasteiger partial charge in [0.15, 0.2) is 0 Å². The van der Waals surface area contributed by atoms with Gasteiger partial charge in [0.1, 0.15) is 11.5 Å². The van der Waals surface area contributed by atoms with Crippen LogP contribution >= 0.6 is 0 Å². The average molecular weight is 460 g/mol. The summed E-state index contributed by atoms with van der Waals surface area (Å²) in [5.41, 5.74) is 6.36. The highest BCUT2D eigenvalue weighted by Crippen LogP contribution is 2.20. The van der Waals surface area contributed by atoms with Crippen molar-refractivity contribution >= 4 is 12.0 Å². The predicted molar refractivity (Wildman–Crippen MR) is 106 cm³/mol. The molecule has 2 aromatic rings. The number of nitrogens with zero attached hydrogens (tertiary/aromatic N) is 4. The number of nitrogens with two attached hydrogens (primary N) is 1. The topological polar surface area (TPSA) is 140 Å². The monoisotopic (exact) mass is 460 g/mol. The number of carboxylic acids is 1. The summed E-state index contributed by atoms with van der Waals surface area (Å²) < 4.78 is 38.8. The molecule has 1 saturated heterocycles. The smallest absolute Gasteiger partial charge is 0.475 e. The summed E-state index contributed by atoms with van der Waals surface area (Å²) in [5.74, 6) is -1.51. The Hall–Kier alpha value is -3.09. The van der Waals surface area contributed by atoms with Crippen LogP contribution in [0.15, 0.2) is 29.0 Å². The molecule has 32 heavy (non-hydrogen) atoms. The molecule has 1 aliphatic rings. The number of likely N-dealkylation sites (tertiary alicyclic amines) is 1. The van der Waals surface area contributed by atoms with Crippen molar-refractivity contribution in [3.8, 4) is 0 Å². The number of piperidine rings is 1. The predicted octanol–water partition coefficient (Wildman–Crippen LogP) is 2.32. The SMILES string of the molecule is CC(C)(N)c1cn(CC2CCN(C(=O)NCc3ccco3)CC2)nn1.O=C(O)C(F)(F)F. The molecule has 4 N–H and O–H groups in total. The first-order valence-corrected chi connectivity index (χ1v) is 9.91. The van der Waals surface area contributed by atoms with E-state index in [1.54, 1.807) is 6.26 Å².